The summed E-state index contributed by atoms with van der Waals surface area (Å²) in [6.45, 7) is 5.45. The lowest BCUT2D eigenvalue weighted by molar-refractivity contribution is 0.0503. The van der Waals surface area contributed by atoms with E-state index in [1.165, 1.54) is 5.56 Å². The van der Waals surface area contributed by atoms with E-state index in [1.807, 2.05) is 51.1 Å². The van der Waals surface area contributed by atoms with Crippen molar-refractivity contribution in [1.29, 1.82) is 5.26 Å². The highest BCUT2D eigenvalue weighted by atomic mass is 16.6. The van der Waals surface area contributed by atoms with E-state index in [1.54, 1.807) is 0 Å². The van der Waals surface area contributed by atoms with Gasteiger partial charge in [-0.2, -0.15) is 5.26 Å². The monoisotopic (exact) mass is 274 g/mol. The molecule has 1 rings (SSSR count). The highest BCUT2D eigenvalue weighted by Gasteiger charge is 2.19. The molecule has 0 unspecified atom stereocenters. The Hall–Kier alpha value is -2.02. The fourth-order valence-electron chi connectivity index (χ4n) is 1.80. The zero-order chi connectivity index (χ0) is 15.0. The summed E-state index contributed by atoms with van der Waals surface area (Å²) in [4.78, 5) is 11.7. The van der Waals surface area contributed by atoms with Gasteiger partial charge >= 0.3 is 6.09 Å². The van der Waals surface area contributed by atoms with Gasteiger partial charge in [0, 0.05) is 6.04 Å². The number of nitriles is 1. The summed E-state index contributed by atoms with van der Waals surface area (Å²) in [7, 11) is 0. The number of alkyl carbamates (subject to hydrolysis) is 1. The molecule has 1 aromatic rings. The van der Waals surface area contributed by atoms with Crippen LogP contribution in [-0.4, -0.2) is 17.7 Å². The predicted molar refractivity (Wildman–Crippen MR) is 78.2 cm³/mol. The number of aryl methyl sites for hydroxylation is 1. The molecule has 0 aliphatic heterocycles. The Morgan fingerprint density at radius 2 is 2.00 bits per heavy atom. The largest absolute Gasteiger partial charge is 0.444 e. The second-order valence-corrected chi connectivity index (χ2v) is 5.73. The van der Waals surface area contributed by atoms with Gasteiger partial charge in [0.1, 0.15) is 5.60 Å². The van der Waals surface area contributed by atoms with E-state index in [4.69, 9.17) is 10.00 Å². The fraction of sp³-hybridized carbons (Fsp3) is 0.500. The van der Waals surface area contributed by atoms with Gasteiger partial charge in [-0.1, -0.05) is 30.3 Å². The summed E-state index contributed by atoms with van der Waals surface area (Å²) in [5, 5.41) is 11.6. The Kier molecular flexibility index (Phi) is 6.05. The second-order valence-electron chi connectivity index (χ2n) is 5.73. The molecule has 1 amide bonds. The van der Waals surface area contributed by atoms with Crippen molar-refractivity contribution in [3.63, 3.8) is 0 Å². The van der Waals surface area contributed by atoms with Crippen LogP contribution in [0.5, 0.6) is 0 Å². The Bertz CT molecular complexity index is 458. The summed E-state index contributed by atoms with van der Waals surface area (Å²) in [6.07, 6.45) is 1.36. The van der Waals surface area contributed by atoms with E-state index in [9.17, 15) is 4.79 Å². The third-order valence-electron chi connectivity index (χ3n) is 2.68. The Morgan fingerprint density at radius 1 is 1.35 bits per heavy atom. The van der Waals surface area contributed by atoms with Gasteiger partial charge < -0.3 is 10.1 Å². The standard InChI is InChI=1S/C16H22N2O2/c1-16(2,3)20-15(19)18-14(11-12-17)10-9-13-7-5-4-6-8-13/h4-8,14H,9-11H2,1-3H3,(H,18,19)/t14-/m1/s1. The van der Waals surface area contributed by atoms with E-state index in [2.05, 4.69) is 11.4 Å². The molecule has 1 atom stereocenters. The van der Waals surface area contributed by atoms with Crippen LogP contribution in [0.4, 0.5) is 4.79 Å². The van der Waals surface area contributed by atoms with Gasteiger partial charge in [0.05, 0.1) is 12.5 Å². The number of benzene rings is 1. The van der Waals surface area contributed by atoms with Crippen molar-refractivity contribution in [2.45, 2.75) is 51.7 Å². The van der Waals surface area contributed by atoms with Crippen molar-refractivity contribution in [3.05, 3.63) is 35.9 Å². The van der Waals surface area contributed by atoms with E-state index in [0.717, 1.165) is 12.8 Å². The van der Waals surface area contributed by atoms with Crippen molar-refractivity contribution in [1.82, 2.24) is 5.32 Å². The van der Waals surface area contributed by atoms with Crippen LogP contribution < -0.4 is 5.32 Å². The van der Waals surface area contributed by atoms with Gasteiger partial charge in [-0.15, -0.1) is 0 Å². The summed E-state index contributed by atoms with van der Waals surface area (Å²) in [5.74, 6) is 0. The molecule has 0 radical (unpaired) electrons. The Labute approximate surface area is 120 Å². The number of rotatable bonds is 5. The van der Waals surface area contributed by atoms with Gasteiger partial charge in [0.2, 0.25) is 0 Å². The summed E-state index contributed by atoms with van der Waals surface area (Å²) in [5.41, 5.74) is 0.669. The van der Waals surface area contributed by atoms with Crippen LogP contribution in [0.15, 0.2) is 30.3 Å². The van der Waals surface area contributed by atoms with Crippen molar-refractivity contribution in [2.24, 2.45) is 0 Å². The lowest BCUT2D eigenvalue weighted by Gasteiger charge is -2.22. The molecular formula is C16H22N2O2. The number of ether oxygens (including phenoxy) is 1. The van der Waals surface area contributed by atoms with Crippen LogP contribution in [0.2, 0.25) is 0 Å². The lowest BCUT2D eigenvalue weighted by Crippen LogP contribution is -2.39. The number of carbonyl (C=O) groups excluding carboxylic acids is 1. The molecule has 0 aliphatic carbocycles. The molecular weight excluding hydrogens is 252 g/mol. The van der Waals surface area contributed by atoms with Gasteiger partial charge in [0.25, 0.3) is 0 Å². The van der Waals surface area contributed by atoms with Crippen molar-refractivity contribution < 1.29 is 9.53 Å². The first-order valence-corrected chi connectivity index (χ1v) is 6.81. The average Bonchev–Trinajstić information content (AvgIpc) is 2.35. The summed E-state index contributed by atoms with van der Waals surface area (Å²) >= 11 is 0. The van der Waals surface area contributed by atoms with Crippen LogP contribution in [0.3, 0.4) is 0 Å². The minimum absolute atomic E-state index is 0.185. The summed E-state index contributed by atoms with van der Waals surface area (Å²) < 4.78 is 5.21. The van der Waals surface area contributed by atoms with Crippen LogP contribution in [-0.2, 0) is 11.2 Å². The first-order chi connectivity index (χ1) is 9.40. The number of amides is 1. The quantitative estimate of drug-likeness (QED) is 0.894. The maximum Gasteiger partial charge on any atom is 0.407 e. The Balaban J connectivity index is 2.48. The highest BCUT2D eigenvalue weighted by Crippen LogP contribution is 2.10. The minimum atomic E-state index is -0.527. The zero-order valence-corrected chi connectivity index (χ0v) is 12.3. The number of hydrogen-bond acceptors (Lipinski definition) is 3. The molecule has 0 heterocycles. The molecule has 0 aromatic heterocycles. The molecule has 0 saturated carbocycles. The van der Waals surface area contributed by atoms with Crippen molar-refractivity contribution >= 4 is 6.09 Å². The fourth-order valence-corrected chi connectivity index (χ4v) is 1.80. The highest BCUT2D eigenvalue weighted by molar-refractivity contribution is 5.68. The Morgan fingerprint density at radius 3 is 2.55 bits per heavy atom. The lowest BCUT2D eigenvalue weighted by atomic mass is 10.0. The van der Waals surface area contributed by atoms with E-state index in [0.29, 0.717) is 0 Å². The van der Waals surface area contributed by atoms with Crippen LogP contribution in [0, 0.1) is 11.3 Å². The molecule has 20 heavy (non-hydrogen) atoms. The van der Waals surface area contributed by atoms with Gasteiger partial charge in [-0.25, -0.2) is 4.79 Å². The average molecular weight is 274 g/mol. The van der Waals surface area contributed by atoms with E-state index in [-0.39, 0.29) is 12.5 Å². The van der Waals surface area contributed by atoms with Gasteiger partial charge in [0.15, 0.2) is 0 Å². The second kappa shape index (κ2) is 7.54. The number of carbonyl (C=O) groups is 1. The normalized spacial score (nSPS) is 12.3. The number of hydrogen-bond donors (Lipinski definition) is 1. The molecule has 4 nitrogen and oxygen atoms in total. The number of nitrogens with zero attached hydrogens (tertiary/aromatic N) is 1. The SMILES string of the molecule is CC(C)(C)OC(=O)N[C@@H](CC#N)CCc1ccccc1. The molecule has 0 saturated heterocycles. The van der Waals surface area contributed by atoms with Crippen molar-refractivity contribution in [3.8, 4) is 6.07 Å². The minimum Gasteiger partial charge on any atom is -0.444 e. The molecule has 1 aromatic carbocycles. The van der Waals surface area contributed by atoms with Crippen molar-refractivity contribution in [2.75, 3.05) is 0 Å². The third kappa shape index (κ3) is 6.79. The molecule has 108 valence electrons. The smallest absolute Gasteiger partial charge is 0.407 e. The van der Waals surface area contributed by atoms with Gasteiger partial charge in [-0.3, -0.25) is 0 Å². The topological polar surface area (TPSA) is 62.1 Å². The molecule has 0 aliphatic rings. The first kappa shape index (κ1) is 16.0. The van der Waals surface area contributed by atoms with E-state index < -0.39 is 11.7 Å². The zero-order valence-electron chi connectivity index (χ0n) is 12.3. The van der Waals surface area contributed by atoms with Crippen LogP contribution in [0.1, 0.15) is 39.2 Å². The predicted octanol–water partition coefficient (Wildman–Crippen LogP) is 3.43. The maximum atomic E-state index is 11.7. The maximum absolute atomic E-state index is 11.7. The number of nitrogens with one attached hydrogen (secondary N) is 1. The molecule has 0 fully saturated rings. The molecule has 4 heteroatoms. The van der Waals surface area contributed by atoms with Gasteiger partial charge in [-0.05, 0) is 39.2 Å². The molecule has 0 bridgehead atoms. The van der Waals surface area contributed by atoms with Crippen LogP contribution in [0.25, 0.3) is 0 Å². The van der Waals surface area contributed by atoms with Crippen LogP contribution >= 0.6 is 0 Å². The first-order valence-electron chi connectivity index (χ1n) is 6.81. The molecule has 1 N–H and O–H groups in total. The third-order valence-corrected chi connectivity index (χ3v) is 2.68. The summed E-state index contributed by atoms with van der Waals surface area (Å²) in [6, 6.07) is 11.9. The molecule has 0 spiro atoms. The van der Waals surface area contributed by atoms with E-state index >= 15 is 0 Å².